The van der Waals surface area contributed by atoms with Crippen molar-refractivity contribution < 1.29 is 19.0 Å². The molecule has 1 rings (SSSR count). The number of esters is 1. The van der Waals surface area contributed by atoms with E-state index in [-0.39, 0.29) is 6.10 Å². The summed E-state index contributed by atoms with van der Waals surface area (Å²) in [6.07, 6.45) is -0.341. The number of hydrogen-bond donors (Lipinski definition) is 0. The third-order valence-corrected chi connectivity index (χ3v) is 1.65. The molecule has 1 saturated heterocycles. The lowest BCUT2D eigenvalue weighted by Gasteiger charge is -2.23. The van der Waals surface area contributed by atoms with Gasteiger partial charge >= 0.3 is 5.97 Å². The van der Waals surface area contributed by atoms with Crippen molar-refractivity contribution >= 4 is 5.97 Å². The fourth-order valence-electron chi connectivity index (χ4n) is 0.952. The molecule has 68 valence electrons. The van der Waals surface area contributed by atoms with Crippen LogP contribution in [0.2, 0.25) is 0 Å². The highest BCUT2D eigenvalue weighted by atomic mass is 16.6. The normalized spacial score (nSPS) is 23.2. The summed E-state index contributed by atoms with van der Waals surface area (Å²) >= 11 is 0. The fraction of sp³-hybridized carbons (Fsp3) is 0.625. The van der Waals surface area contributed by atoms with Gasteiger partial charge in [-0.25, -0.2) is 4.79 Å². The second-order valence-electron chi connectivity index (χ2n) is 2.45. The van der Waals surface area contributed by atoms with Crippen LogP contribution < -0.4 is 0 Å². The van der Waals surface area contributed by atoms with Gasteiger partial charge in [0.25, 0.3) is 0 Å². The molecule has 0 spiro atoms. The number of hydrogen-bond acceptors (Lipinski definition) is 4. The van der Waals surface area contributed by atoms with Gasteiger partial charge in [0.15, 0.2) is 0 Å². The lowest BCUT2D eigenvalue weighted by molar-refractivity contribution is -0.140. The molecule has 0 radical (unpaired) electrons. The van der Waals surface area contributed by atoms with Crippen molar-refractivity contribution in [2.45, 2.75) is 6.10 Å². The zero-order chi connectivity index (χ0) is 8.97. The molecule has 1 aliphatic rings. The van der Waals surface area contributed by atoms with E-state index in [1.165, 1.54) is 7.11 Å². The van der Waals surface area contributed by atoms with Gasteiger partial charge in [-0.15, -0.1) is 0 Å². The van der Waals surface area contributed by atoms with Gasteiger partial charge in [0.05, 0.1) is 32.5 Å². The minimum absolute atomic E-state index is 0.317. The van der Waals surface area contributed by atoms with Crippen LogP contribution in [-0.2, 0) is 19.0 Å². The highest BCUT2D eigenvalue weighted by molar-refractivity contribution is 5.88. The van der Waals surface area contributed by atoms with Gasteiger partial charge < -0.3 is 14.2 Å². The lowest BCUT2D eigenvalue weighted by atomic mass is 10.2. The zero-order valence-electron chi connectivity index (χ0n) is 7.04. The first-order valence-corrected chi connectivity index (χ1v) is 3.72. The maximum Gasteiger partial charge on any atom is 0.335 e. The minimum Gasteiger partial charge on any atom is -0.466 e. The topological polar surface area (TPSA) is 44.8 Å². The molecule has 4 nitrogen and oxygen atoms in total. The van der Waals surface area contributed by atoms with Crippen LogP contribution in [0.15, 0.2) is 12.2 Å². The number of carbonyl (C=O) groups excluding carboxylic acids is 1. The summed E-state index contributed by atoms with van der Waals surface area (Å²) in [6, 6.07) is 0. The molecule has 1 aliphatic heterocycles. The van der Waals surface area contributed by atoms with Gasteiger partial charge in [-0.1, -0.05) is 6.58 Å². The molecule has 0 aliphatic carbocycles. The van der Waals surface area contributed by atoms with Crippen LogP contribution in [0.1, 0.15) is 0 Å². The second kappa shape index (κ2) is 4.23. The molecule has 0 aromatic heterocycles. The van der Waals surface area contributed by atoms with Gasteiger partial charge in [-0.2, -0.15) is 0 Å². The van der Waals surface area contributed by atoms with E-state index in [2.05, 4.69) is 11.3 Å². The maximum atomic E-state index is 11.0. The predicted molar refractivity (Wildman–Crippen MR) is 41.7 cm³/mol. The van der Waals surface area contributed by atoms with E-state index in [1.807, 2.05) is 0 Å². The Morgan fingerprint density at radius 3 is 2.83 bits per heavy atom. The standard InChI is InChI=1S/C8H12O4/c1-6(8(9)10-2)7-5-11-3-4-12-7/h7H,1,3-5H2,2H3. The quantitative estimate of drug-likeness (QED) is 0.438. The largest absolute Gasteiger partial charge is 0.466 e. The SMILES string of the molecule is C=C(C(=O)OC)C1COCCO1. The van der Waals surface area contributed by atoms with Crippen molar-refractivity contribution in [2.75, 3.05) is 26.9 Å². The van der Waals surface area contributed by atoms with Crippen LogP contribution in [0, 0.1) is 0 Å². The zero-order valence-corrected chi connectivity index (χ0v) is 7.04. The molecule has 0 aromatic carbocycles. The highest BCUT2D eigenvalue weighted by Crippen LogP contribution is 2.10. The third kappa shape index (κ3) is 2.06. The number of methoxy groups -OCH3 is 1. The third-order valence-electron chi connectivity index (χ3n) is 1.65. The van der Waals surface area contributed by atoms with E-state index < -0.39 is 5.97 Å². The number of ether oxygens (including phenoxy) is 3. The maximum absolute atomic E-state index is 11.0. The van der Waals surface area contributed by atoms with Crippen molar-refractivity contribution in [1.82, 2.24) is 0 Å². The Balaban J connectivity index is 2.45. The minimum atomic E-state index is -0.439. The molecule has 1 fully saturated rings. The smallest absolute Gasteiger partial charge is 0.335 e. The van der Waals surface area contributed by atoms with Crippen LogP contribution >= 0.6 is 0 Å². The van der Waals surface area contributed by atoms with Gasteiger partial charge in [0.1, 0.15) is 6.10 Å². The van der Waals surface area contributed by atoms with Crippen molar-refractivity contribution in [2.24, 2.45) is 0 Å². The first-order valence-electron chi connectivity index (χ1n) is 3.72. The molecular weight excluding hydrogens is 160 g/mol. The Kier molecular flexibility index (Phi) is 3.25. The van der Waals surface area contributed by atoms with E-state index in [0.29, 0.717) is 25.4 Å². The molecule has 1 heterocycles. The summed E-state index contributed by atoms with van der Waals surface area (Å²) in [4.78, 5) is 11.0. The molecule has 0 N–H and O–H groups in total. The lowest BCUT2D eigenvalue weighted by Crippen LogP contribution is -2.32. The molecule has 1 atom stereocenters. The summed E-state index contributed by atoms with van der Waals surface area (Å²) in [5.74, 6) is -0.439. The van der Waals surface area contributed by atoms with Crippen molar-refractivity contribution in [3.63, 3.8) is 0 Å². The summed E-state index contributed by atoms with van der Waals surface area (Å²) in [6.45, 7) is 5.03. The Labute approximate surface area is 71.1 Å². The monoisotopic (exact) mass is 172 g/mol. The van der Waals surface area contributed by atoms with Crippen LogP contribution in [-0.4, -0.2) is 39.0 Å². The fourth-order valence-corrected chi connectivity index (χ4v) is 0.952. The van der Waals surface area contributed by atoms with Gasteiger partial charge in [0, 0.05) is 0 Å². The molecule has 1 unspecified atom stereocenters. The summed E-state index contributed by atoms with van der Waals surface area (Å²) in [7, 11) is 1.32. The molecule has 0 saturated carbocycles. The van der Waals surface area contributed by atoms with Crippen LogP contribution in [0.4, 0.5) is 0 Å². The van der Waals surface area contributed by atoms with Crippen molar-refractivity contribution in [1.29, 1.82) is 0 Å². The second-order valence-corrected chi connectivity index (χ2v) is 2.45. The molecule has 4 heteroatoms. The van der Waals surface area contributed by atoms with Crippen molar-refractivity contribution in [3.05, 3.63) is 12.2 Å². The van der Waals surface area contributed by atoms with Crippen molar-refractivity contribution in [3.8, 4) is 0 Å². The Morgan fingerprint density at radius 2 is 2.33 bits per heavy atom. The number of carbonyl (C=O) groups is 1. The summed E-state index contributed by atoms with van der Waals surface area (Å²) in [5, 5.41) is 0. The van der Waals surface area contributed by atoms with Crippen LogP contribution in [0.3, 0.4) is 0 Å². The van der Waals surface area contributed by atoms with Gasteiger partial charge in [0.2, 0.25) is 0 Å². The summed E-state index contributed by atoms with van der Waals surface area (Å²) in [5.41, 5.74) is 0.317. The Hall–Kier alpha value is -0.870. The summed E-state index contributed by atoms with van der Waals surface area (Å²) < 4.78 is 14.8. The Bertz CT molecular complexity index is 181. The number of rotatable bonds is 2. The average molecular weight is 172 g/mol. The van der Waals surface area contributed by atoms with Gasteiger partial charge in [-0.05, 0) is 0 Å². The van der Waals surface area contributed by atoms with E-state index in [4.69, 9.17) is 9.47 Å². The molecule has 12 heavy (non-hydrogen) atoms. The molecular formula is C8H12O4. The van der Waals surface area contributed by atoms with Crippen LogP contribution in [0.25, 0.3) is 0 Å². The Morgan fingerprint density at radius 1 is 1.58 bits per heavy atom. The van der Waals surface area contributed by atoms with Crippen LogP contribution in [0.5, 0.6) is 0 Å². The first kappa shape index (κ1) is 9.22. The first-order chi connectivity index (χ1) is 5.75. The van der Waals surface area contributed by atoms with E-state index >= 15 is 0 Å². The van der Waals surface area contributed by atoms with Gasteiger partial charge in [-0.3, -0.25) is 0 Å². The van der Waals surface area contributed by atoms with E-state index in [0.717, 1.165) is 0 Å². The van der Waals surface area contributed by atoms with E-state index in [1.54, 1.807) is 0 Å². The molecule has 0 bridgehead atoms. The predicted octanol–water partition coefficient (Wildman–Crippen LogP) is 0.131. The van der Waals surface area contributed by atoms with E-state index in [9.17, 15) is 4.79 Å². The average Bonchev–Trinajstić information content (AvgIpc) is 2.17. The highest BCUT2D eigenvalue weighted by Gasteiger charge is 2.22. The molecule has 0 aromatic rings. The molecule has 0 amide bonds.